The molecule has 0 saturated heterocycles. The van der Waals surface area contributed by atoms with Crippen molar-refractivity contribution in [3.63, 3.8) is 0 Å². The molecule has 0 spiro atoms. The van der Waals surface area contributed by atoms with E-state index in [2.05, 4.69) is 5.32 Å². The Morgan fingerprint density at radius 1 is 1.21 bits per heavy atom. The average molecular weight is 418 g/mol. The summed E-state index contributed by atoms with van der Waals surface area (Å²) >= 11 is 1.41. The highest BCUT2D eigenvalue weighted by Gasteiger charge is 2.19. The van der Waals surface area contributed by atoms with Gasteiger partial charge < -0.3 is 5.32 Å². The number of nitrogens with one attached hydrogen (secondary N) is 1. The molecule has 2 aromatic carbocycles. The van der Waals surface area contributed by atoms with Crippen molar-refractivity contribution in [2.24, 2.45) is 7.05 Å². The number of aryl methyl sites for hydroxylation is 1. The Bertz CT molecular complexity index is 1220. The van der Waals surface area contributed by atoms with Gasteiger partial charge in [-0.05, 0) is 43.9 Å². The van der Waals surface area contributed by atoms with Crippen LogP contribution < -0.4 is 10.9 Å². The van der Waals surface area contributed by atoms with Crippen molar-refractivity contribution in [1.29, 1.82) is 0 Å². The summed E-state index contributed by atoms with van der Waals surface area (Å²) in [6.07, 6.45) is 3.07. The summed E-state index contributed by atoms with van der Waals surface area (Å²) in [5, 5.41) is 4.48. The molecule has 0 unspecified atom stereocenters. The highest BCUT2D eigenvalue weighted by Crippen LogP contribution is 2.29. The molecule has 0 aliphatic rings. The zero-order valence-electron chi connectivity index (χ0n) is 16.5. The molecule has 28 heavy (non-hydrogen) atoms. The van der Waals surface area contributed by atoms with Crippen molar-refractivity contribution in [3.05, 3.63) is 57.9 Å². The molecule has 1 N–H and O–H groups in total. The second-order valence-corrected chi connectivity index (χ2v) is 9.60. The molecule has 1 atom stereocenters. The molecule has 0 saturated carbocycles. The lowest BCUT2D eigenvalue weighted by Crippen LogP contribution is -2.21. The maximum Gasteiger partial charge on any atom is 0.261 e. The third-order valence-corrected chi connectivity index (χ3v) is 6.51. The van der Waals surface area contributed by atoms with Crippen molar-refractivity contribution >= 4 is 38.2 Å². The highest BCUT2D eigenvalue weighted by atomic mass is 32.2. The fourth-order valence-electron chi connectivity index (χ4n) is 3.27. The van der Waals surface area contributed by atoms with Crippen LogP contribution in [0.4, 0.5) is 5.69 Å². The molecule has 0 fully saturated rings. The lowest BCUT2D eigenvalue weighted by Gasteiger charge is -2.20. The molecule has 0 aliphatic heterocycles. The van der Waals surface area contributed by atoms with E-state index >= 15 is 0 Å². The largest absolute Gasteiger partial charge is 0.377 e. The number of benzene rings is 2. The Morgan fingerprint density at radius 3 is 2.54 bits per heavy atom. The maximum absolute atomic E-state index is 12.8. The predicted octanol–water partition coefficient (Wildman–Crippen LogP) is 3.54. The summed E-state index contributed by atoms with van der Waals surface area (Å²) in [4.78, 5) is 17.7. The Balaban J connectivity index is 2.17. The van der Waals surface area contributed by atoms with Gasteiger partial charge in [-0.3, -0.25) is 9.36 Å². The Labute approximate surface area is 168 Å². The van der Waals surface area contributed by atoms with E-state index in [1.807, 2.05) is 32.2 Å². The van der Waals surface area contributed by atoms with E-state index in [4.69, 9.17) is 4.98 Å². The van der Waals surface area contributed by atoms with Gasteiger partial charge in [0.2, 0.25) is 0 Å². The first-order valence-corrected chi connectivity index (χ1v) is 11.9. The van der Waals surface area contributed by atoms with Crippen LogP contribution in [0.2, 0.25) is 0 Å². The fourth-order valence-corrected chi connectivity index (χ4v) is 4.66. The minimum atomic E-state index is -3.37. The number of rotatable bonds is 5. The van der Waals surface area contributed by atoms with Crippen LogP contribution >= 0.6 is 11.8 Å². The van der Waals surface area contributed by atoms with E-state index in [-0.39, 0.29) is 16.5 Å². The standard InChI is InChI=1S/C20H23N3O3S2/c1-12-10-14(18-15(11-12)19(24)23(3)20(22-18)27-4)13(2)21-16-8-6-7-9-17(16)28(5,25)26/h6-11,13,21H,1-5H3/t13-/m1/s1. The van der Waals surface area contributed by atoms with E-state index in [0.717, 1.165) is 11.1 Å². The van der Waals surface area contributed by atoms with Crippen LogP contribution in [-0.2, 0) is 16.9 Å². The maximum atomic E-state index is 12.8. The quantitative estimate of drug-likeness (QED) is 0.505. The first-order valence-electron chi connectivity index (χ1n) is 8.74. The Kier molecular flexibility index (Phi) is 5.54. The minimum absolute atomic E-state index is 0.0944. The number of hydrogen-bond donors (Lipinski definition) is 1. The topological polar surface area (TPSA) is 81.1 Å². The van der Waals surface area contributed by atoms with Crippen LogP contribution in [0.25, 0.3) is 10.9 Å². The highest BCUT2D eigenvalue weighted by molar-refractivity contribution is 7.98. The molecular weight excluding hydrogens is 394 g/mol. The smallest absolute Gasteiger partial charge is 0.261 e. The Hall–Kier alpha value is -2.32. The van der Waals surface area contributed by atoms with Crippen molar-refractivity contribution in [3.8, 4) is 0 Å². The molecule has 1 heterocycles. The van der Waals surface area contributed by atoms with Crippen molar-refractivity contribution in [2.75, 3.05) is 17.8 Å². The second-order valence-electron chi connectivity index (χ2n) is 6.85. The molecule has 0 amide bonds. The number of aromatic nitrogens is 2. The van der Waals surface area contributed by atoms with Crippen molar-refractivity contribution < 1.29 is 8.42 Å². The monoisotopic (exact) mass is 417 g/mol. The fraction of sp³-hybridized carbons (Fsp3) is 0.300. The van der Waals surface area contributed by atoms with E-state index in [9.17, 15) is 13.2 Å². The van der Waals surface area contributed by atoms with E-state index in [1.165, 1.54) is 18.0 Å². The molecule has 0 aliphatic carbocycles. The van der Waals surface area contributed by atoms with Crippen LogP contribution in [0.1, 0.15) is 24.1 Å². The zero-order chi connectivity index (χ0) is 20.6. The number of para-hydroxylation sites is 1. The van der Waals surface area contributed by atoms with Gasteiger partial charge in [-0.25, -0.2) is 13.4 Å². The molecular formula is C20H23N3O3S2. The first-order chi connectivity index (χ1) is 13.1. The molecule has 0 bridgehead atoms. The predicted molar refractivity (Wildman–Crippen MR) is 115 cm³/mol. The Morgan fingerprint density at radius 2 is 1.89 bits per heavy atom. The van der Waals surface area contributed by atoms with Gasteiger partial charge in [0.05, 0.1) is 27.5 Å². The van der Waals surface area contributed by atoms with Crippen LogP contribution in [0, 0.1) is 6.92 Å². The first kappa shape index (κ1) is 20.4. The van der Waals surface area contributed by atoms with Crippen LogP contribution in [0.15, 0.2) is 51.2 Å². The number of anilines is 1. The third kappa shape index (κ3) is 3.79. The van der Waals surface area contributed by atoms with E-state index in [1.54, 1.807) is 35.9 Å². The zero-order valence-corrected chi connectivity index (χ0v) is 18.1. The van der Waals surface area contributed by atoms with Gasteiger partial charge in [0.25, 0.3) is 5.56 Å². The number of sulfone groups is 1. The van der Waals surface area contributed by atoms with Gasteiger partial charge in [-0.15, -0.1) is 0 Å². The molecule has 3 rings (SSSR count). The molecule has 6 nitrogen and oxygen atoms in total. The number of hydrogen-bond acceptors (Lipinski definition) is 6. The summed E-state index contributed by atoms with van der Waals surface area (Å²) in [7, 11) is -1.65. The van der Waals surface area contributed by atoms with Gasteiger partial charge in [0.15, 0.2) is 15.0 Å². The molecule has 1 aromatic heterocycles. The van der Waals surface area contributed by atoms with Crippen LogP contribution in [-0.4, -0.2) is 30.5 Å². The number of nitrogens with zero attached hydrogens (tertiary/aromatic N) is 2. The summed E-state index contributed by atoms with van der Waals surface area (Å²) in [6, 6.07) is 10.4. The summed E-state index contributed by atoms with van der Waals surface area (Å²) in [6.45, 7) is 3.87. The second kappa shape index (κ2) is 7.60. The van der Waals surface area contributed by atoms with Gasteiger partial charge in [0, 0.05) is 18.9 Å². The summed E-state index contributed by atoms with van der Waals surface area (Å²) in [5.41, 5.74) is 2.87. The van der Waals surface area contributed by atoms with E-state index < -0.39 is 9.84 Å². The molecule has 3 aromatic rings. The molecule has 0 radical (unpaired) electrons. The summed E-state index contributed by atoms with van der Waals surface area (Å²) in [5.74, 6) is 0. The molecule has 148 valence electrons. The number of thioether (sulfide) groups is 1. The van der Waals surface area contributed by atoms with Gasteiger partial charge in [-0.2, -0.15) is 0 Å². The normalized spacial score (nSPS) is 12.9. The van der Waals surface area contributed by atoms with Crippen LogP contribution in [0.3, 0.4) is 0 Å². The summed E-state index contributed by atoms with van der Waals surface area (Å²) < 4.78 is 25.8. The lowest BCUT2D eigenvalue weighted by atomic mass is 10.0. The van der Waals surface area contributed by atoms with Crippen molar-refractivity contribution in [1.82, 2.24) is 9.55 Å². The third-order valence-electron chi connectivity index (χ3n) is 4.62. The molecule has 8 heteroatoms. The average Bonchev–Trinajstić information content (AvgIpc) is 2.64. The van der Waals surface area contributed by atoms with Crippen molar-refractivity contribution in [2.45, 2.75) is 29.9 Å². The number of fused-ring (bicyclic) bond motifs is 1. The lowest BCUT2D eigenvalue weighted by molar-refractivity contribution is 0.602. The van der Waals surface area contributed by atoms with E-state index in [0.29, 0.717) is 21.7 Å². The van der Waals surface area contributed by atoms with Gasteiger partial charge in [0.1, 0.15) is 0 Å². The SMILES string of the molecule is CSc1nc2c([C@@H](C)Nc3ccccc3S(C)(=O)=O)cc(C)cc2c(=O)n1C. The van der Waals surface area contributed by atoms with Crippen LogP contribution in [0.5, 0.6) is 0 Å². The van der Waals surface area contributed by atoms with Gasteiger partial charge in [-0.1, -0.05) is 30.0 Å². The van der Waals surface area contributed by atoms with Gasteiger partial charge >= 0.3 is 0 Å². The minimum Gasteiger partial charge on any atom is -0.377 e.